The van der Waals surface area contributed by atoms with E-state index in [9.17, 15) is 10.2 Å². The summed E-state index contributed by atoms with van der Waals surface area (Å²) < 4.78 is 0. The van der Waals surface area contributed by atoms with Gasteiger partial charge in [0, 0.05) is 17.1 Å². The van der Waals surface area contributed by atoms with Gasteiger partial charge in [-0.05, 0) is 25.1 Å². The van der Waals surface area contributed by atoms with Gasteiger partial charge in [0.2, 0.25) is 0 Å². The van der Waals surface area contributed by atoms with E-state index in [1.807, 2.05) is 30.3 Å². The fourth-order valence-corrected chi connectivity index (χ4v) is 1.80. The van der Waals surface area contributed by atoms with E-state index in [0.717, 1.165) is 10.9 Å². The smallest absolute Gasteiger partial charge is 0.106 e. The third-order valence-corrected chi connectivity index (χ3v) is 2.78. The van der Waals surface area contributed by atoms with Crippen LogP contribution in [-0.4, -0.2) is 27.8 Å². The van der Waals surface area contributed by atoms with Crippen molar-refractivity contribution in [2.75, 3.05) is 6.54 Å². The van der Waals surface area contributed by atoms with Crippen molar-refractivity contribution in [1.29, 1.82) is 0 Å². The van der Waals surface area contributed by atoms with Gasteiger partial charge in [-0.3, -0.25) is 4.98 Å². The van der Waals surface area contributed by atoms with Crippen LogP contribution in [0.4, 0.5) is 0 Å². The van der Waals surface area contributed by atoms with Crippen LogP contribution in [0.5, 0.6) is 0 Å². The zero-order valence-corrected chi connectivity index (χ0v) is 9.45. The first kappa shape index (κ1) is 12.0. The Morgan fingerprint density at radius 1 is 1.24 bits per heavy atom. The highest BCUT2D eigenvalue weighted by Gasteiger charge is 2.18. The Bertz CT molecular complexity index is 501. The summed E-state index contributed by atoms with van der Waals surface area (Å²) in [6.45, 7) is 0.346. The van der Waals surface area contributed by atoms with Crippen molar-refractivity contribution in [1.82, 2.24) is 4.98 Å². The molecule has 0 spiro atoms. The Morgan fingerprint density at radius 2 is 2.00 bits per heavy atom. The maximum atomic E-state index is 9.93. The van der Waals surface area contributed by atoms with Gasteiger partial charge < -0.3 is 15.9 Å². The van der Waals surface area contributed by atoms with Crippen LogP contribution in [0.3, 0.4) is 0 Å². The highest BCUT2D eigenvalue weighted by Crippen LogP contribution is 2.21. The molecule has 1 aromatic heterocycles. The molecule has 0 aliphatic heterocycles. The molecule has 0 fully saturated rings. The van der Waals surface area contributed by atoms with Crippen LogP contribution >= 0.6 is 0 Å². The van der Waals surface area contributed by atoms with Crippen LogP contribution < -0.4 is 5.73 Å². The molecular weight excluding hydrogens is 216 g/mol. The van der Waals surface area contributed by atoms with E-state index >= 15 is 0 Å². The zero-order chi connectivity index (χ0) is 12.3. The summed E-state index contributed by atoms with van der Waals surface area (Å²) in [7, 11) is 0. The van der Waals surface area contributed by atoms with Crippen molar-refractivity contribution in [3.05, 3.63) is 42.1 Å². The fraction of sp³-hybridized carbons (Fsp3) is 0.308. The second kappa shape index (κ2) is 5.23. The second-order valence-electron chi connectivity index (χ2n) is 4.05. The first-order valence-corrected chi connectivity index (χ1v) is 5.63. The number of nitrogens with zero attached hydrogens (tertiary/aromatic N) is 1. The minimum Gasteiger partial charge on any atom is -0.390 e. The molecule has 1 aromatic carbocycles. The maximum Gasteiger partial charge on any atom is 0.106 e. The molecule has 2 rings (SSSR count). The average Bonchev–Trinajstić information content (AvgIpc) is 2.37. The minimum atomic E-state index is -0.935. The van der Waals surface area contributed by atoms with E-state index in [4.69, 9.17) is 5.73 Å². The van der Waals surface area contributed by atoms with Crippen molar-refractivity contribution in [2.45, 2.75) is 18.6 Å². The lowest BCUT2D eigenvalue weighted by Crippen LogP contribution is -2.21. The Hall–Kier alpha value is -1.49. The summed E-state index contributed by atoms with van der Waals surface area (Å²) >= 11 is 0. The third kappa shape index (κ3) is 2.61. The summed E-state index contributed by atoms with van der Waals surface area (Å²) in [5.41, 5.74) is 6.84. The van der Waals surface area contributed by atoms with Crippen LogP contribution in [0.1, 0.15) is 18.1 Å². The van der Waals surface area contributed by atoms with Gasteiger partial charge in [-0.25, -0.2) is 0 Å². The van der Waals surface area contributed by atoms with Crippen molar-refractivity contribution in [3.8, 4) is 0 Å². The van der Waals surface area contributed by atoms with E-state index < -0.39 is 12.2 Å². The summed E-state index contributed by atoms with van der Waals surface area (Å²) in [4.78, 5) is 4.24. The predicted molar refractivity (Wildman–Crippen MR) is 66.4 cm³/mol. The average molecular weight is 232 g/mol. The van der Waals surface area contributed by atoms with Crippen molar-refractivity contribution < 1.29 is 10.2 Å². The van der Waals surface area contributed by atoms with Gasteiger partial charge in [0.1, 0.15) is 6.10 Å². The number of aromatic nitrogens is 1. The molecule has 0 aliphatic rings. The van der Waals surface area contributed by atoms with Gasteiger partial charge in [-0.15, -0.1) is 0 Å². The molecule has 4 nitrogen and oxygen atoms in total. The van der Waals surface area contributed by atoms with Gasteiger partial charge in [-0.2, -0.15) is 0 Å². The van der Waals surface area contributed by atoms with E-state index in [-0.39, 0.29) is 0 Å². The highest BCUT2D eigenvalue weighted by atomic mass is 16.3. The van der Waals surface area contributed by atoms with Gasteiger partial charge in [-0.1, -0.05) is 18.2 Å². The summed E-state index contributed by atoms with van der Waals surface area (Å²) in [6.07, 6.45) is 0.180. The molecule has 0 saturated heterocycles. The van der Waals surface area contributed by atoms with Crippen LogP contribution in [0, 0.1) is 0 Å². The molecule has 1 heterocycles. The van der Waals surface area contributed by atoms with E-state index in [2.05, 4.69) is 4.98 Å². The highest BCUT2D eigenvalue weighted by molar-refractivity contribution is 5.78. The first-order valence-electron chi connectivity index (χ1n) is 5.63. The minimum absolute atomic E-state index is 0.346. The molecule has 0 amide bonds. The lowest BCUT2D eigenvalue weighted by Gasteiger charge is -2.17. The number of hydrogen-bond acceptors (Lipinski definition) is 4. The number of aliphatic hydroxyl groups excluding tert-OH is 2. The molecule has 90 valence electrons. The fourth-order valence-electron chi connectivity index (χ4n) is 1.80. The SMILES string of the molecule is NCCC(O)C(O)c1cnc2ccccc2c1. The Kier molecular flexibility index (Phi) is 3.68. The van der Waals surface area contributed by atoms with Crippen molar-refractivity contribution >= 4 is 10.9 Å². The normalized spacial score (nSPS) is 14.8. The Labute approximate surface area is 99.7 Å². The van der Waals surface area contributed by atoms with Crippen molar-refractivity contribution in [3.63, 3.8) is 0 Å². The lowest BCUT2D eigenvalue weighted by molar-refractivity contribution is 0.0149. The summed E-state index contributed by atoms with van der Waals surface area (Å²) in [5, 5.41) is 20.6. The van der Waals surface area contributed by atoms with Crippen LogP contribution in [0.15, 0.2) is 36.5 Å². The van der Waals surface area contributed by atoms with Gasteiger partial charge >= 0.3 is 0 Å². The quantitative estimate of drug-likeness (QED) is 0.734. The monoisotopic (exact) mass is 232 g/mol. The number of aliphatic hydroxyl groups is 2. The Balaban J connectivity index is 2.29. The van der Waals surface area contributed by atoms with Crippen LogP contribution in [0.2, 0.25) is 0 Å². The maximum absolute atomic E-state index is 9.93. The molecule has 4 heteroatoms. The molecule has 4 N–H and O–H groups in total. The number of para-hydroxylation sites is 1. The number of rotatable bonds is 4. The molecule has 2 unspecified atom stereocenters. The third-order valence-electron chi connectivity index (χ3n) is 2.78. The first-order chi connectivity index (χ1) is 8.22. The number of pyridine rings is 1. The van der Waals surface area contributed by atoms with E-state index in [0.29, 0.717) is 18.5 Å². The molecular formula is C13H16N2O2. The number of nitrogens with two attached hydrogens (primary N) is 1. The van der Waals surface area contributed by atoms with Crippen LogP contribution in [0.25, 0.3) is 10.9 Å². The van der Waals surface area contributed by atoms with Gasteiger partial charge in [0.15, 0.2) is 0 Å². The standard InChI is InChI=1S/C13H16N2O2/c14-6-5-12(16)13(17)10-7-9-3-1-2-4-11(9)15-8-10/h1-4,7-8,12-13,16-17H,5-6,14H2. The molecule has 0 radical (unpaired) electrons. The lowest BCUT2D eigenvalue weighted by atomic mass is 10.0. The molecule has 0 saturated carbocycles. The summed E-state index contributed by atoms with van der Waals surface area (Å²) in [6, 6.07) is 9.49. The molecule has 17 heavy (non-hydrogen) atoms. The van der Waals surface area contributed by atoms with E-state index in [1.54, 1.807) is 6.20 Å². The largest absolute Gasteiger partial charge is 0.390 e. The van der Waals surface area contributed by atoms with Crippen LogP contribution in [-0.2, 0) is 0 Å². The second-order valence-corrected chi connectivity index (χ2v) is 4.05. The zero-order valence-electron chi connectivity index (χ0n) is 9.45. The van der Waals surface area contributed by atoms with Gasteiger partial charge in [0.25, 0.3) is 0 Å². The number of fused-ring (bicyclic) bond motifs is 1. The van der Waals surface area contributed by atoms with Crippen molar-refractivity contribution in [2.24, 2.45) is 5.73 Å². The molecule has 0 aliphatic carbocycles. The van der Waals surface area contributed by atoms with E-state index in [1.165, 1.54) is 0 Å². The topological polar surface area (TPSA) is 79.4 Å². The predicted octanol–water partition coefficient (Wildman–Crippen LogP) is 0.978. The van der Waals surface area contributed by atoms with Gasteiger partial charge in [0.05, 0.1) is 11.6 Å². The number of hydrogen-bond donors (Lipinski definition) is 3. The summed E-state index contributed by atoms with van der Waals surface area (Å²) in [5.74, 6) is 0. The molecule has 0 bridgehead atoms. The molecule has 2 atom stereocenters. The molecule has 2 aromatic rings. The number of benzene rings is 1. The Morgan fingerprint density at radius 3 is 2.76 bits per heavy atom.